The molecule has 0 aliphatic carbocycles. The summed E-state index contributed by atoms with van der Waals surface area (Å²) >= 11 is 4.58. The number of methoxy groups -OCH3 is 1. The Balaban J connectivity index is 2.02. The van der Waals surface area contributed by atoms with Gasteiger partial charge in [0.15, 0.2) is 0 Å². The van der Waals surface area contributed by atoms with Gasteiger partial charge in [-0.05, 0) is 17.5 Å². The summed E-state index contributed by atoms with van der Waals surface area (Å²) in [6.07, 6.45) is 0. The molecule has 1 N–H and O–H groups in total. The van der Waals surface area contributed by atoms with Gasteiger partial charge in [0.2, 0.25) is 0 Å². The number of halogens is 1. The molecule has 1 amide bonds. The third-order valence-corrected chi connectivity index (χ3v) is 4.36. The van der Waals surface area contributed by atoms with Gasteiger partial charge < -0.3 is 10.1 Å². The number of amides is 1. The molecule has 1 unspecified atom stereocenters. The second kappa shape index (κ2) is 6.16. The minimum atomic E-state index is -0.532. The lowest BCUT2D eigenvalue weighted by atomic mass is 10.2. The minimum absolute atomic E-state index is 0.186. The summed E-state index contributed by atoms with van der Waals surface area (Å²) in [7, 11) is 1.31. The Kier molecular flexibility index (Phi) is 4.55. The van der Waals surface area contributed by atoms with Crippen LogP contribution in [0.15, 0.2) is 30.3 Å². The molecule has 2 rings (SSSR count). The van der Waals surface area contributed by atoms with E-state index in [0.29, 0.717) is 4.88 Å². The number of alkyl halides is 1. The molecule has 4 nitrogen and oxygen atoms in total. The van der Waals surface area contributed by atoms with Crippen LogP contribution in [0.25, 0.3) is 10.1 Å². The predicted octanol–water partition coefficient (Wildman–Crippen LogP) is 2.57. The van der Waals surface area contributed by atoms with Gasteiger partial charge in [0.1, 0.15) is 4.83 Å². The van der Waals surface area contributed by atoms with E-state index in [1.54, 1.807) is 0 Å². The third-order valence-electron chi connectivity index (χ3n) is 2.55. The monoisotopic (exact) mass is 341 g/mol. The van der Waals surface area contributed by atoms with Crippen LogP contribution >= 0.6 is 27.3 Å². The van der Waals surface area contributed by atoms with Crippen molar-refractivity contribution in [3.05, 3.63) is 35.2 Å². The predicted molar refractivity (Wildman–Crippen MR) is 78.9 cm³/mol. The van der Waals surface area contributed by atoms with Gasteiger partial charge in [-0.1, -0.05) is 34.1 Å². The first kappa shape index (κ1) is 14.0. The Hall–Kier alpha value is -1.40. The van der Waals surface area contributed by atoms with Crippen molar-refractivity contribution in [3.63, 3.8) is 0 Å². The molecular formula is C13H12BrNO3S. The van der Waals surface area contributed by atoms with E-state index < -0.39 is 10.8 Å². The summed E-state index contributed by atoms with van der Waals surface area (Å²) in [5.41, 5.74) is 0. The van der Waals surface area contributed by atoms with Crippen LogP contribution in [-0.4, -0.2) is 30.4 Å². The molecule has 0 radical (unpaired) electrons. The summed E-state index contributed by atoms with van der Waals surface area (Å²) < 4.78 is 5.63. The molecule has 2 aromatic rings. The molecule has 0 bridgehead atoms. The topological polar surface area (TPSA) is 55.4 Å². The van der Waals surface area contributed by atoms with Gasteiger partial charge in [0.05, 0.1) is 12.0 Å². The standard InChI is InChI=1S/C13H12BrNO3S/c1-18-13(17)9(14)7-15-12(16)11-6-8-4-2-3-5-10(8)19-11/h2-6,9H,7H2,1H3,(H,15,16). The molecule has 6 heteroatoms. The van der Waals surface area contributed by atoms with Gasteiger partial charge in [0.25, 0.3) is 5.91 Å². The maximum Gasteiger partial charge on any atom is 0.321 e. The largest absolute Gasteiger partial charge is 0.468 e. The molecule has 0 spiro atoms. The van der Waals surface area contributed by atoms with E-state index >= 15 is 0 Å². The van der Waals surface area contributed by atoms with E-state index in [1.165, 1.54) is 18.4 Å². The van der Waals surface area contributed by atoms with Gasteiger partial charge in [0, 0.05) is 11.2 Å². The molecule has 19 heavy (non-hydrogen) atoms. The van der Waals surface area contributed by atoms with Crippen molar-refractivity contribution in [3.8, 4) is 0 Å². The van der Waals surface area contributed by atoms with Crippen LogP contribution < -0.4 is 5.32 Å². The Morgan fingerprint density at radius 2 is 2.16 bits per heavy atom. The maximum atomic E-state index is 12.0. The van der Waals surface area contributed by atoms with Gasteiger partial charge in [-0.3, -0.25) is 9.59 Å². The summed E-state index contributed by atoms with van der Waals surface area (Å²) in [5, 5.41) is 3.74. The Morgan fingerprint density at radius 3 is 2.84 bits per heavy atom. The summed E-state index contributed by atoms with van der Waals surface area (Å²) in [4.78, 5) is 23.2. The highest BCUT2D eigenvalue weighted by atomic mass is 79.9. The van der Waals surface area contributed by atoms with Crippen LogP contribution in [0.5, 0.6) is 0 Å². The van der Waals surface area contributed by atoms with Crippen molar-refractivity contribution in [2.24, 2.45) is 0 Å². The van der Waals surface area contributed by atoms with Crippen molar-refractivity contribution in [1.82, 2.24) is 5.32 Å². The zero-order valence-corrected chi connectivity index (χ0v) is 12.6. The van der Waals surface area contributed by atoms with Gasteiger partial charge >= 0.3 is 5.97 Å². The van der Waals surface area contributed by atoms with Crippen molar-refractivity contribution in [2.75, 3.05) is 13.7 Å². The second-order valence-electron chi connectivity index (χ2n) is 3.85. The zero-order valence-electron chi connectivity index (χ0n) is 10.2. The van der Waals surface area contributed by atoms with E-state index in [2.05, 4.69) is 26.0 Å². The Morgan fingerprint density at radius 1 is 1.42 bits per heavy atom. The average Bonchev–Trinajstić information content (AvgIpc) is 2.87. The number of thiophene rings is 1. The van der Waals surface area contributed by atoms with Gasteiger partial charge in [-0.2, -0.15) is 0 Å². The zero-order chi connectivity index (χ0) is 13.8. The van der Waals surface area contributed by atoms with Crippen LogP contribution in [0.2, 0.25) is 0 Å². The fourth-order valence-electron chi connectivity index (χ4n) is 1.57. The van der Waals surface area contributed by atoms with Crippen molar-refractivity contribution in [1.29, 1.82) is 0 Å². The van der Waals surface area contributed by atoms with Crippen LogP contribution in [0, 0.1) is 0 Å². The molecular weight excluding hydrogens is 330 g/mol. The highest BCUT2D eigenvalue weighted by molar-refractivity contribution is 9.10. The van der Waals surface area contributed by atoms with Crippen molar-refractivity contribution in [2.45, 2.75) is 4.83 Å². The van der Waals surface area contributed by atoms with E-state index in [9.17, 15) is 9.59 Å². The first-order chi connectivity index (χ1) is 9.11. The Bertz CT molecular complexity index is 578. The SMILES string of the molecule is COC(=O)C(Br)CNC(=O)c1cc2ccccc2s1. The Labute approximate surface area is 122 Å². The number of hydrogen-bond acceptors (Lipinski definition) is 4. The third kappa shape index (κ3) is 3.33. The molecule has 0 aliphatic heterocycles. The second-order valence-corrected chi connectivity index (χ2v) is 6.04. The molecule has 0 aliphatic rings. The van der Waals surface area contributed by atoms with Gasteiger partial charge in [-0.25, -0.2) is 0 Å². The molecule has 0 saturated carbocycles. The number of fused-ring (bicyclic) bond motifs is 1. The molecule has 100 valence electrons. The van der Waals surface area contributed by atoms with Crippen LogP contribution in [0.1, 0.15) is 9.67 Å². The van der Waals surface area contributed by atoms with E-state index in [1.807, 2.05) is 30.3 Å². The van der Waals surface area contributed by atoms with Crippen LogP contribution in [0.3, 0.4) is 0 Å². The first-order valence-electron chi connectivity index (χ1n) is 5.60. The number of rotatable bonds is 4. The highest BCUT2D eigenvalue weighted by Crippen LogP contribution is 2.25. The molecule has 0 saturated heterocycles. The lowest BCUT2D eigenvalue weighted by molar-refractivity contribution is -0.139. The van der Waals surface area contributed by atoms with E-state index in [4.69, 9.17) is 0 Å². The molecule has 0 fully saturated rings. The molecule has 1 heterocycles. The number of carbonyl (C=O) groups excluding carboxylic acids is 2. The lowest BCUT2D eigenvalue weighted by Crippen LogP contribution is -2.33. The number of esters is 1. The maximum absolute atomic E-state index is 12.0. The molecule has 1 aromatic heterocycles. The summed E-state index contributed by atoms with van der Waals surface area (Å²) in [5.74, 6) is -0.591. The van der Waals surface area contributed by atoms with Gasteiger partial charge in [-0.15, -0.1) is 11.3 Å². The number of nitrogens with one attached hydrogen (secondary N) is 1. The average molecular weight is 342 g/mol. The van der Waals surface area contributed by atoms with Crippen molar-refractivity contribution < 1.29 is 14.3 Å². The highest BCUT2D eigenvalue weighted by Gasteiger charge is 2.17. The summed E-state index contributed by atoms with van der Waals surface area (Å²) in [6.45, 7) is 0.194. The fraction of sp³-hybridized carbons (Fsp3) is 0.231. The smallest absolute Gasteiger partial charge is 0.321 e. The lowest BCUT2D eigenvalue weighted by Gasteiger charge is -2.08. The molecule has 1 aromatic carbocycles. The minimum Gasteiger partial charge on any atom is -0.468 e. The quantitative estimate of drug-likeness (QED) is 0.686. The first-order valence-corrected chi connectivity index (χ1v) is 7.33. The van der Waals surface area contributed by atoms with Crippen LogP contribution in [0.4, 0.5) is 0 Å². The van der Waals surface area contributed by atoms with Crippen molar-refractivity contribution >= 4 is 49.2 Å². The van der Waals surface area contributed by atoms with Crippen LogP contribution in [-0.2, 0) is 9.53 Å². The normalized spacial score (nSPS) is 12.1. The number of benzene rings is 1. The summed E-state index contributed by atoms with van der Waals surface area (Å²) in [6, 6.07) is 9.65. The number of ether oxygens (including phenoxy) is 1. The van der Waals surface area contributed by atoms with E-state index in [-0.39, 0.29) is 12.5 Å². The number of hydrogen-bond donors (Lipinski definition) is 1. The van der Waals surface area contributed by atoms with E-state index in [0.717, 1.165) is 10.1 Å². The molecule has 1 atom stereocenters. The number of carbonyl (C=O) groups is 2. The fourth-order valence-corrected chi connectivity index (χ4v) is 2.90.